The van der Waals surface area contributed by atoms with E-state index in [2.05, 4.69) is 56.3 Å². The molecule has 2 rings (SSSR count). The Morgan fingerprint density at radius 1 is 0.842 bits per heavy atom. The van der Waals surface area contributed by atoms with E-state index in [0.717, 1.165) is 26.1 Å². The average molecular weight is 274 g/mol. The molecule has 102 valence electrons. The van der Waals surface area contributed by atoms with Crippen LogP contribution in [0.15, 0.2) is 42.5 Å². The molecular weight excluding hydrogens is 252 g/mol. The first-order chi connectivity index (χ1) is 9.36. The van der Waals surface area contributed by atoms with Crippen LogP contribution in [-0.4, -0.2) is 22.5 Å². The summed E-state index contributed by atoms with van der Waals surface area (Å²) in [6, 6.07) is 14.9. The summed E-state index contributed by atoms with van der Waals surface area (Å²) >= 11 is 0. The Bertz CT molecular complexity index is 500. The fourth-order valence-corrected chi connectivity index (χ4v) is 4.27. The maximum Gasteiger partial charge on any atom is 0.356 e. The topological polar surface area (TPSA) is 18.5 Å². The van der Waals surface area contributed by atoms with Crippen LogP contribution >= 0.6 is 0 Å². The van der Waals surface area contributed by atoms with Crippen LogP contribution in [0.2, 0.25) is 0 Å². The lowest BCUT2D eigenvalue weighted by molar-refractivity contribution is 0.208. The van der Waals surface area contributed by atoms with Crippen molar-refractivity contribution in [2.45, 2.75) is 26.7 Å². The SMILES string of the molecule is CCCO[SiH](OCCC)c1cccc2ccccc12. The van der Waals surface area contributed by atoms with E-state index in [-0.39, 0.29) is 0 Å². The van der Waals surface area contributed by atoms with Gasteiger partial charge in [-0.3, -0.25) is 0 Å². The summed E-state index contributed by atoms with van der Waals surface area (Å²) < 4.78 is 12.0. The maximum absolute atomic E-state index is 6.00. The number of benzene rings is 2. The molecule has 0 bridgehead atoms. The summed E-state index contributed by atoms with van der Waals surface area (Å²) in [6.45, 7) is 5.83. The Labute approximate surface area is 117 Å². The Hall–Kier alpha value is -1.16. The van der Waals surface area contributed by atoms with E-state index in [1.807, 2.05) is 0 Å². The van der Waals surface area contributed by atoms with Crippen molar-refractivity contribution in [3.05, 3.63) is 42.5 Å². The van der Waals surface area contributed by atoms with Crippen LogP contribution in [0.4, 0.5) is 0 Å². The molecule has 0 fully saturated rings. The molecule has 0 aliphatic heterocycles. The Kier molecular flexibility index (Phi) is 5.57. The Morgan fingerprint density at radius 2 is 1.47 bits per heavy atom. The molecule has 0 unspecified atom stereocenters. The van der Waals surface area contributed by atoms with Crippen molar-refractivity contribution in [3.8, 4) is 0 Å². The molecular formula is C16H22O2Si. The highest BCUT2D eigenvalue weighted by atomic mass is 28.3. The molecule has 2 aromatic carbocycles. The van der Waals surface area contributed by atoms with Crippen LogP contribution in [0.25, 0.3) is 10.8 Å². The molecule has 0 radical (unpaired) electrons. The van der Waals surface area contributed by atoms with Gasteiger partial charge in [0.2, 0.25) is 0 Å². The molecule has 3 heteroatoms. The van der Waals surface area contributed by atoms with Gasteiger partial charge in [-0.15, -0.1) is 0 Å². The van der Waals surface area contributed by atoms with Gasteiger partial charge >= 0.3 is 9.28 Å². The first-order valence-electron chi connectivity index (χ1n) is 7.07. The van der Waals surface area contributed by atoms with Crippen molar-refractivity contribution >= 4 is 25.2 Å². The average Bonchev–Trinajstić information content (AvgIpc) is 2.47. The zero-order valence-electron chi connectivity index (χ0n) is 11.8. The molecule has 19 heavy (non-hydrogen) atoms. The van der Waals surface area contributed by atoms with Gasteiger partial charge in [0.25, 0.3) is 0 Å². The van der Waals surface area contributed by atoms with E-state index in [9.17, 15) is 0 Å². The lowest BCUT2D eigenvalue weighted by atomic mass is 10.1. The summed E-state index contributed by atoms with van der Waals surface area (Å²) in [6.07, 6.45) is 2.06. The van der Waals surface area contributed by atoms with Gasteiger partial charge in [0, 0.05) is 13.2 Å². The minimum absolute atomic E-state index is 0.782. The number of hydrogen-bond acceptors (Lipinski definition) is 2. The minimum Gasteiger partial charge on any atom is -0.393 e. The molecule has 2 nitrogen and oxygen atoms in total. The second-order valence-corrected chi connectivity index (χ2v) is 6.59. The van der Waals surface area contributed by atoms with E-state index in [1.54, 1.807) is 0 Å². The van der Waals surface area contributed by atoms with E-state index < -0.39 is 9.28 Å². The van der Waals surface area contributed by atoms with Gasteiger partial charge in [-0.25, -0.2) is 0 Å². The van der Waals surface area contributed by atoms with Gasteiger partial charge in [-0.1, -0.05) is 56.3 Å². The Morgan fingerprint density at radius 3 is 2.16 bits per heavy atom. The molecule has 2 aromatic rings. The number of hydrogen-bond donors (Lipinski definition) is 0. The molecule has 0 atom stereocenters. The normalized spacial score (nSPS) is 11.3. The molecule has 0 amide bonds. The van der Waals surface area contributed by atoms with Crippen molar-refractivity contribution in [3.63, 3.8) is 0 Å². The third-order valence-corrected chi connectivity index (χ3v) is 5.11. The van der Waals surface area contributed by atoms with Crippen molar-refractivity contribution in [2.24, 2.45) is 0 Å². The predicted octanol–water partition coefficient (Wildman–Crippen LogP) is 3.12. The van der Waals surface area contributed by atoms with E-state index >= 15 is 0 Å². The highest BCUT2D eigenvalue weighted by Gasteiger charge is 2.18. The third kappa shape index (κ3) is 3.66. The fourth-order valence-electron chi connectivity index (χ4n) is 2.13. The van der Waals surface area contributed by atoms with Crippen LogP contribution in [0.5, 0.6) is 0 Å². The van der Waals surface area contributed by atoms with Crippen LogP contribution in [0, 0.1) is 0 Å². The van der Waals surface area contributed by atoms with Gasteiger partial charge in [0.15, 0.2) is 0 Å². The van der Waals surface area contributed by atoms with Crippen LogP contribution in [-0.2, 0) is 8.85 Å². The summed E-state index contributed by atoms with van der Waals surface area (Å²) in [4.78, 5) is 0. The summed E-state index contributed by atoms with van der Waals surface area (Å²) in [7, 11) is -1.78. The molecule has 0 saturated carbocycles. The van der Waals surface area contributed by atoms with Gasteiger partial charge in [0.1, 0.15) is 0 Å². The summed E-state index contributed by atoms with van der Waals surface area (Å²) in [5.74, 6) is 0. The summed E-state index contributed by atoms with van der Waals surface area (Å²) in [5.41, 5.74) is 0. The second-order valence-electron chi connectivity index (χ2n) is 4.64. The molecule has 0 aliphatic rings. The number of rotatable bonds is 7. The zero-order chi connectivity index (χ0) is 13.5. The second kappa shape index (κ2) is 7.43. The van der Waals surface area contributed by atoms with E-state index in [1.165, 1.54) is 16.0 Å². The van der Waals surface area contributed by atoms with Gasteiger partial charge in [-0.05, 0) is 28.8 Å². The third-order valence-electron chi connectivity index (χ3n) is 3.02. The zero-order valence-corrected chi connectivity index (χ0v) is 12.9. The van der Waals surface area contributed by atoms with Crippen molar-refractivity contribution < 1.29 is 8.85 Å². The van der Waals surface area contributed by atoms with E-state index in [0.29, 0.717) is 0 Å². The first kappa shape index (κ1) is 14.3. The lowest BCUT2D eigenvalue weighted by Gasteiger charge is -2.18. The first-order valence-corrected chi connectivity index (χ1v) is 8.59. The summed E-state index contributed by atoms with van der Waals surface area (Å²) in [5, 5.41) is 3.80. The van der Waals surface area contributed by atoms with E-state index in [4.69, 9.17) is 8.85 Å². The van der Waals surface area contributed by atoms with Gasteiger partial charge in [-0.2, -0.15) is 0 Å². The van der Waals surface area contributed by atoms with Gasteiger partial charge in [0.05, 0.1) is 0 Å². The molecule has 0 heterocycles. The Balaban J connectivity index is 2.31. The van der Waals surface area contributed by atoms with Crippen LogP contribution < -0.4 is 5.19 Å². The molecule has 0 spiro atoms. The quantitative estimate of drug-likeness (QED) is 0.722. The highest BCUT2D eigenvalue weighted by molar-refractivity contribution is 6.64. The van der Waals surface area contributed by atoms with Crippen molar-refractivity contribution in [1.82, 2.24) is 0 Å². The standard InChI is InChI=1S/C16H22O2Si/c1-3-12-17-19(18-13-4-2)16-11-7-9-14-8-5-6-10-15(14)16/h5-11,19H,3-4,12-13H2,1-2H3. The van der Waals surface area contributed by atoms with Crippen LogP contribution in [0.3, 0.4) is 0 Å². The maximum atomic E-state index is 6.00. The molecule has 0 aromatic heterocycles. The van der Waals surface area contributed by atoms with Crippen LogP contribution in [0.1, 0.15) is 26.7 Å². The van der Waals surface area contributed by atoms with Crippen molar-refractivity contribution in [2.75, 3.05) is 13.2 Å². The molecule has 0 saturated heterocycles. The molecule has 0 N–H and O–H groups in total. The lowest BCUT2D eigenvalue weighted by Crippen LogP contribution is -2.38. The predicted molar refractivity (Wildman–Crippen MR) is 83.2 cm³/mol. The molecule has 0 aliphatic carbocycles. The van der Waals surface area contributed by atoms with Gasteiger partial charge < -0.3 is 8.85 Å². The largest absolute Gasteiger partial charge is 0.393 e. The monoisotopic (exact) mass is 274 g/mol. The fraction of sp³-hybridized carbons (Fsp3) is 0.375. The highest BCUT2D eigenvalue weighted by Crippen LogP contribution is 2.12. The number of fused-ring (bicyclic) bond motifs is 1. The minimum atomic E-state index is -1.78. The smallest absolute Gasteiger partial charge is 0.356 e. The van der Waals surface area contributed by atoms with Crippen molar-refractivity contribution in [1.29, 1.82) is 0 Å².